The molecule has 1 unspecified atom stereocenters. The lowest BCUT2D eigenvalue weighted by Crippen LogP contribution is -2.44. The van der Waals surface area contributed by atoms with Crippen molar-refractivity contribution in [1.29, 1.82) is 0 Å². The van der Waals surface area contributed by atoms with Gasteiger partial charge in [-0.2, -0.15) is 0 Å². The smallest absolute Gasteiger partial charge is 0.405 e. The predicted molar refractivity (Wildman–Crippen MR) is 150 cm³/mol. The van der Waals surface area contributed by atoms with Crippen molar-refractivity contribution in [3.63, 3.8) is 0 Å². The molecule has 1 atom stereocenters. The second-order valence-electron chi connectivity index (χ2n) is 10.8. The minimum absolute atomic E-state index is 0.00946. The number of hydrogen-bond donors (Lipinski definition) is 4. The summed E-state index contributed by atoms with van der Waals surface area (Å²) in [5.74, 6) is -0.413. The molecule has 40 heavy (non-hydrogen) atoms. The molecule has 13 nitrogen and oxygen atoms in total. The van der Waals surface area contributed by atoms with Crippen LogP contribution in [0.1, 0.15) is 51.6 Å². The van der Waals surface area contributed by atoms with Gasteiger partial charge in [-0.1, -0.05) is 26.8 Å². The highest BCUT2D eigenvalue weighted by Gasteiger charge is 2.21. The van der Waals surface area contributed by atoms with Gasteiger partial charge in [-0.05, 0) is 49.3 Å². The zero-order chi connectivity index (χ0) is 29.4. The van der Waals surface area contributed by atoms with Crippen LogP contribution in [0.4, 0.5) is 10.5 Å². The third-order valence-electron chi connectivity index (χ3n) is 6.06. The quantitative estimate of drug-likeness (QED) is 0.262. The molecule has 3 rings (SSSR count). The average molecular weight is 553 g/mol. The van der Waals surface area contributed by atoms with E-state index >= 15 is 0 Å². The number of imidazole rings is 1. The van der Waals surface area contributed by atoms with Crippen molar-refractivity contribution < 1.29 is 19.5 Å². The maximum Gasteiger partial charge on any atom is 0.405 e. The molecule has 0 saturated heterocycles. The molecule has 214 valence electrons. The second-order valence-corrected chi connectivity index (χ2v) is 10.8. The molecule has 3 aromatic heterocycles. The number of allylic oxidation sites excluding steroid dienone is 1. The lowest BCUT2D eigenvalue weighted by atomic mass is 9.90. The molecule has 0 aliphatic rings. The van der Waals surface area contributed by atoms with E-state index < -0.39 is 23.6 Å². The Balaban J connectivity index is 1.74. The Kier molecular flexibility index (Phi) is 9.75. The maximum absolute atomic E-state index is 13.1. The Labute approximate surface area is 231 Å². The van der Waals surface area contributed by atoms with Crippen LogP contribution in [0, 0.1) is 5.41 Å². The minimum Gasteiger partial charge on any atom is -0.465 e. The standard InChI is InChI=1S/C27H36N8O5/c1-27(2,3)13-12-17-22-23(29-16-28-17)33-20(32-22)15-35-14-8-10-19(25(35)38)30-24(37)18(31-26(39)40)9-6-7-11-21(36)34(4)5/h7-8,10-11,14,16,18,31H,6,9,12-13,15H2,1-5H3,(H,30,37)(H,39,40)(H,28,29,32,33)/b11-7+. The third-order valence-corrected chi connectivity index (χ3v) is 6.06. The first-order valence-electron chi connectivity index (χ1n) is 12.9. The fourth-order valence-corrected chi connectivity index (χ4v) is 3.83. The van der Waals surface area contributed by atoms with Crippen molar-refractivity contribution in [1.82, 2.24) is 34.7 Å². The van der Waals surface area contributed by atoms with E-state index in [2.05, 4.69) is 51.3 Å². The van der Waals surface area contributed by atoms with Gasteiger partial charge in [0, 0.05) is 20.3 Å². The van der Waals surface area contributed by atoms with Crippen LogP contribution in [0.25, 0.3) is 11.2 Å². The fraction of sp³-hybridized carbons (Fsp3) is 0.444. The van der Waals surface area contributed by atoms with E-state index in [9.17, 15) is 24.3 Å². The number of pyridine rings is 1. The topological polar surface area (TPSA) is 175 Å². The number of amides is 3. The Bertz CT molecular complexity index is 1450. The first-order chi connectivity index (χ1) is 18.8. The Morgan fingerprint density at radius 2 is 1.98 bits per heavy atom. The van der Waals surface area contributed by atoms with Gasteiger partial charge in [-0.25, -0.2) is 19.7 Å². The number of fused-ring (bicyclic) bond motifs is 1. The van der Waals surface area contributed by atoms with Crippen LogP contribution in [0.15, 0.2) is 41.6 Å². The molecule has 0 fully saturated rings. The number of nitrogens with zero attached hydrogens (tertiary/aromatic N) is 5. The lowest BCUT2D eigenvalue weighted by molar-refractivity contribution is -0.123. The van der Waals surface area contributed by atoms with Crippen LogP contribution in [0.2, 0.25) is 0 Å². The molecule has 0 spiro atoms. The van der Waals surface area contributed by atoms with Gasteiger partial charge >= 0.3 is 6.09 Å². The summed E-state index contributed by atoms with van der Waals surface area (Å²) >= 11 is 0. The Morgan fingerprint density at radius 1 is 1.23 bits per heavy atom. The van der Waals surface area contributed by atoms with Crippen LogP contribution in [-0.4, -0.2) is 72.6 Å². The summed E-state index contributed by atoms with van der Waals surface area (Å²) in [6, 6.07) is 1.91. The summed E-state index contributed by atoms with van der Waals surface area (Å²) in [4.78, 5) is 66.7. The van der Waals surface area contributed by atoms with Crippen LogP contribution < -0.4 is 16.2 Å². The van der Waals surface area contributed by atoms with Gasteiger partial charge in [-0.3, -0.25) is 14.4 Å². The number of nitrogens with one attached hydrogen (secondary N) is 3. The van der Waals surface area contributed by atoms with Gasteiger partial charge < -0.3 is 30.2 Å². The number of aromatic amines is 1. The summed E-state index contributed by atoms with van der Waals surface area (Å²) < 4.78 is 1.38. The zero-order valence-corrected chi connectivity index (χ0v) is 23.4. The number of aromatic nitrogens is 5. The van der Waals surface area contributed by atoms with Crippen molar-refractivity contribution in [3.05, 3.63) is 58.7 Å². The van der Waals surface area contributed by atoms with Crippen LogP contribution in [0.5, 0.6) is 0 Å². The number of carbonyl (C=O) groups is 3. The number of anilines is 1. The number of aryl methyl sites for hydroxylation is 1. The van der Waals surface area contributed by atoms with Crippen molar-refractivity contribution in [2.45, 2.75) is 59.0 Å². The molecule has 0 bridgehead atoms. The normalized spacial score (nSPS) is 12.4. The van der Waals surface area contributed by atoms with E-state index in [1.807, 2.05) is 0 Å². The summed E-state index contributed by atoms with van der Waals surface area (Å²) in [6.07, 6.45) is 6.61. The summed E-state index contributed by atoms with van der Waals surface area (Å²) in [7, 11) is 3.21. The van der Waals surface area contributed by atoms with Crippen molar-refractivity contribution in [2.24, 2.45) is 5.41 Å². The molecule has 0 aromatic carbocycles. The highest BCUT2D eigenvalue weighted by atomic mass is 16.4. The van der Waals surface area contributed by atoms with E-state index in [1.165, 1.54) is 27.9 Å². The van der Waals surface area contributed by atoms with E-state index in [4.69, 9.17) is 0 Å². The monoisotopic (exact) mass is 552 g/mol. The van der Waals surface area contributed by atoms with Crippen molar-refractivity contribution in [2.75, 3.05) is 19.4 Å². The largest absolute Gasteiger partial charge is 0.465 e. The predicted octanol–water partition coefficient (Wildman–Crippen LogP) is 2.54. The molecular formula is C27H36N8O5. The van der Waals surface area contributed by atoms with Gasteiger partial charge in [-0.15, -0.1) is 0 Å². The third kappa shape index (κ3) is 8.48. The summed E-state index contributed by atoms with van der Waals surface area (Å²) in [6.45, 7) is 6.58. The summed E-state index contributed by atoms with van der Waals surface area (Å²) in [5.41, 5.74) is 1.73. The van der Waals surface area contributed by atoms with Crippen LogP contribution >= 0.6 is 0 Å². The molecule has 0 aliphatic carbocycles. The zero-order valence-electron chi connectivity index (χ0n) is 23.4. The van der Waals surface area contributed by atoms with Gasteiger partial charge in [0.25, 0.3) is 5.56 Å². The van der Waals surface area contributed by atoms with E-state index in [-0.39, 0.29) is 36.4 Å². The Hall–Kier alpha value is -4.55. The maximum atomic E-state index is 13.1. The molecule has 0 saturated carbocycles. The molecule has 4 N–H and O–H groups in total. The molecule has 0 radical (unpaired) electrons. The van der Waals surface area contributed by atoms with Gasteiger partial charge in [0.1, 0.15) is 29.4 Å². The molecule has 13 heteroatoms. The Morgan fingerprint density at radius 3 is 2.65 bits per heavy atom. The second kappa shape index (κ2) is 13.0. The number of H-pyrrole nitrogens is 1. The van der Waals surface area contributed by atoms with Gasteiger partial charge in [0.05, 0.1) is 12.2 Å². The molecule has 0 aliphatic heterocycles. The highest BCUT2D eigenvalue weighted by Crippen LogP contribution is 2.23. The SMILES string of the molecule is CN(C)C(=O)/C=C/CCC(NC(=O)O)C(=O)Nc1cccn(Cc2nc3ncnc(CCC(C)(C)C)c3[nH]2)c1=O. The first-order valence-corrected chi connectivity index (χ1v) is 12.9. The van der Waals surface area contributed by atoms with Crippen molar-refractivity contribution >= 4 is 34.8 Å². The fourth-order valence-electron chi connectivity index (χ4n) is 3.83. The van der Waals surface area contributed by atoms with Crippen molar-refractivity contribution in [3.8, 4) is 0 Å². The molecular weight excluding hydrogens is 516 g/mol. The number of carboxylic acid groups (broad SMARTS) is 1. The highest BCUT2D eigenvalue weighted by molar-refractivity contribution is 5.96. The molecule has 3 amide bonds. The van der Waals surface area contributed by atoms with Gasteiger partial charge in [0.15, 0.2) is 5.65 Å². The van der Waals surface area contributed by atoms with E-state index in [1.54, 1.807) is 32.4 Å². The van der Waals surface area contributed by atoms with Crippen LogP contribution in [-0.2, 0) is 22.6 Å². The first kappa shape index (κ1) is 30.0. The number of hydrogen-bond acceptors (Lipinski definition) is 7. The van der Waals surface area contributed by atoms with E-state index in [0.29, 0.717) is 11.5 Å². The molecule has 3 aromatic rings. The number of likely N-dealkylation sites (N-methyl/N-ethyl adjacent to an activating group) is 1. The van der Waals surface area contributed by atoms with Crippen LogP contribution in [0.3, 0.4) is 0 Å². The lowest BCUT2D eigenvalue weighted by Gasteiger charge is -2.17. The van der Waals surface area contributed by atoms with E-state index in [0.717, 1.165) is 24.1 Å². The number of carbonyl (C=O) groups excluding carboxylic acids is 2. The summed E-state index contributed by atoms with van der Waals surface area (Å²) in [5, 5.41) is 13.9. The average Bonchev–Trinajstić information content (AvgIpc) is 3.29. The minimum atomic E-state index is -1.38. The molecule has 3 heterocycles. The van der Waals surface area contributed by atoms with Gasteiger partial charge in [0.2, 0.25) is 11.8 Å². The number of rotatable bonds is 11.